The van der Waals surface area contributed by atoms with Crippen LogP contribution in [0.2, 0.25) is 0 Å². The Kier molecular flexibility index (Phi) is 6.21. The predicted octanol–water partition coefficient (Wildman–Crippen LogP) is 6.22. The number of phenols is 1. The molecule has 0 amide bonds. The van der Waals surface area contributed by atoms with Crippen LogP contribution in [0.4, 0.5) is 15.8 Å². The number of hydrogen-bond donors (Lipinski definition) is 1. The molecule has 0 fully saturated rings. The highest BCUT2D eigenvalue weighted by molar-refractivity contribution is 9.10. The fraction of sp³-hybridized carbons (Fsp3) is 0.100. The standard InChI is InChI=1S/C20H16BrFN2O3S/c1-13-7-8-16(24(26)27)11-19(13)28-23(12-14-5-3-2-4-6-14)18-10-15(21)9-17(22)20(18)25/h2-11,25H,12H2,1H3. The van der Waals surface area contributed by atoms with Crippen LogP contribution < -0.4 is 4.31 Å². The lowest BCUT2D eigenvalue weighted by Gasteiger charge is -2.25. The van der Waals surface area contributed by atoms with Crippen molar-refractivity contribution in [3.63, 3.8) is 0 Å². The first kappa shape index (κ1) is 20.2. The quantitative estimate of drug-likeness (QED) is 0.267. The lowest BCUT2D eigenvalue weighted by molar-refractivity contribution is -0.385. The SMILES string of the molecule is Cc1ccc([N+](=O)[O-])cc1SN(Cc1ccccc1)c1cc(Br)cc(F)c1O. The summed E-state index contributed by atoms with van der Waals surface area (Å²) in [7, 11) is 0. The molecule has 0 aliphatic heterocycles. The van der Waals surface area contributed by atoms with Gasteiger partial charge in [0.1, 0.15) is 0 Å². The Morgan fingerprint density at radius 3 is 2.57 bits per heavy atom. The van der Waals surface area contributed by atoms with Crippen molar-refractivity contribution in [2.75, 3.05) is 4.31 Å². The molecule has 0 aromatic heterocycles. The van der Waals surface area contributed by atoms with E-state index in [2.05, 4.69) is 15.9 Å². The molecule has 0 atom stereocenters. The highest BCUT2D eigenvalue weighted by Crippen LogP contribution is 2.41. The van der Waals surface area contributed by atoms with E-state index in [9.17, 15) is 19.6 Å². The van der Waals surface area contributed by atoms with Gasteiger partial charge in [-0.25, -0.2) is 4.39 Å². The van der Waals surface area contributed by atoms with Gasteiger partial charge in [-0.1, -0.05) is 52.3 Å². The largest absolute Gasteiger partial charge is 0.503 e. The molecule has 0 heterocycles. The van der Waals surface area contributed by atoms with Crippen molar-refractivity contribution < 1.29 is 14.4 Å². The molecule has 3 rings (SSSR count). The summed E-state index contributed by atoms with van der Waals surface area (Å²) in [5, 5.41) is 21.4. The van der Waals surface area contributed by atoms with Crippen LogP contribution in [0.3, 0.4) is 0 Å². The molecule has 0 bridgehead atoms. The van der Waals surface area contributed by atoms with E-state index in [1.54, 1.807) is 16.4 Å². The van der Waals surface area contributed by atoms with E-state index < -0.39 is 16.5 Å². The molecule has 0 saturated heterocycles. The molecule has 0 unspecified atom stereocenters. The minimum absolute atomic E-state index is 0.0302. The number of aryl methyl sites for hydroxylation is 1. The van der Waals surface area contributed by atoms with Crippen LogP contribution >= 0.6 is 27.9 Å². The van der Waals surface area contributed by atoms with E-state index >= 15 is 0 Å². The van der Waals surface area contributed by atoms with Gasteiger partial charge in [0.25, 0.3) is 5.69 Å². The number of rotatable bonds is 6. The van der Waals surface area contributed by atoms with E-state index in [0.717, 1.165) is 11.1 Å². The molecule has 0 aliphatic rings. The van der Waals surface area contributed by atoms with Gasteiger partial charge in [0, 0.05) is 21.5 Å². The monoisotopic (exact) mass is 462 g/mol. The number of nitro benzene ring substituents is 1. The van der Waals surface area contributed by atoms with Crippen molar-refractivity contribution in [1.82, 2.24) is 0 Å². The smallest absolute Gasteiger partial charge is 0.270 e. The van der Waals surface area contributed by atoms with Crippen LogP contribution in [-0.4, -0.2) is 10.0 Å². The van der Waals surface area contributed by atoms with Crippen molar-refractivity contribution in [2.45, 2.75) is 18.4 Å². The molecule has 0 saturated carbocycles. The number of non-ortho nitro benzene ring substituents is 1. The maximum Gasteiger partial charge on any atom is 0.270 e. The second-order valence-corrected chi connectivity index (χ2v) is 8.05. The van der Waals surface area contributed by atoms with Crippen LogP contribution in [0.5, 0.6) is 5.75 Å². The first-order chi connectivity index (χ1) is 13.3. The lowest BCUT2D eigenvalue weighted by atomic mass is 10.2. The van der Waals surface area contributed by atoms with Crippen molar-refractivity contribution in [3.05, 3.63) is 92.2 Å². The average molecular weight is 463 g/mol. The summed E-state index contributed by atoms with van der Waals surface area (Å²) in [6.07, 6.45) is 0. The first-order valence-corrected chi connectivity index (χ1v) is 9.84. The van der Waals surface area contributed by atoms with Crippen LogP contribution in [0.25, 0.3) is 0 Å². The van der Waals surface area contributed by atoms with Gasteiger partial charge in [-0.05, 0) is 42.1 Å². The molecule has 3 aromatic carbocycles. The highest BCUT2D eigenvalue weighted by Gasteiger charge is 2.20. The average Bonchev–Trinajstić information content (AvgIpc) is 2.66. The first-order valence-electron chi connectivity index (χ1n) is 8.27. The third-order valence-corrected chi connectivity index (χ3v) is 5.68. The molecule has 3 aromatic rings. The third kappa shape index (κ3) is 4.63. The van der Waals surface area contributed by atoms with Gasteiger partial charge in [0.05, 0.1) is 17.2 Å². The lowest BCUT2D eigenvalue weighted by Crippen LogP contribution is -2.15. The fourth-order valence-electron chi connectivity index (χ4n) is 2.58. The molecular weight excluding hydrogens is 447 g/mol. The van der Waals surface area contributed by atoms with Crippen LogP contribution in [0.15, 0.2) is 70.0 Å². The second kappa shape index (κ2) is 8.62. The summed E-state index contributed by atoms with van der Waals surface area (Å²) in [6.45, 7) is 2.20. The predicted molar refractivity (Wildman–Crippen MR) is 112 cm³/mol. The Labute approximate surface area is 174 Å². The minimum atomic E-state index is -0.751. The van der Waals surface area contributed by atoms with Gasteiger partial charge in [0.2, 0.25) is 0 Å². The van der Waals surface area contributed by atoms with Crippen molar-refractivity contribution >= 4 is 39.3 Å². The highest BCUT2D eigenvalue weighted by atomic mass is 79.9. The Morgan fingerprint density at radius 1 is 1.18 bits per heavy atom. The number of phenolic OH excluding ortho intramolecular Hbond substituents is 1. The van der Waals surface area contributed by atoms with E-state index in [1.807, 2.05) is 37.3 Å². The van der Waals surface area contributed by atoms with Crippen LogP contribution in [-0.2, 0) is 6.54 Å². The molecule has 0 radical (unpaired) electrons. The third-order valence-electron chi connectivity index (χ3n) is 4.04. The molecule has 0 spiro atoms. The molecule has 0 aliphatic carbocycles. The van der Waals surface area contributed by atoms with Crippen molar-refractivity contribution in [3.8, 4) is 5.75 Å². The fourth-order valence-corrected chi connectivity index (χ4v) is 4.07. The summed E-state index contributed by atoms with van der Waals surface area (Å²) in [5.41, 5.74) is 2.02. The molecule has 28 heavy (non-hydrogen) atoms. The summed E-state index contributed by atoms with van der Waals surface area (Å²) >= 11 is 4.46. The van der Waals surface area contributed by atoms with Crippen LogP contribution in [0, 0.1) is 22.9 Å². The summed E-state index contributed by atoms with van der Waals surface area (Å²) in [4.78, 5) is 11.3. The van der Waals surface area contributed by atoms with Gasteiger partial charge in [0.15, 0.2) is 11.6 Å². The molecule has 144 valence electrons. The van der Waals surface area contributed by atoms with Crippen molar-refractivity contribution in [2.24, 2.45) is 0 Å². The molecular formula is C20H16BrFN2O3S. The number of halogens is 2. The maximum atomic E-state index is 14.1. The van der Waals surface area contributed by atoms with Gasteiger partial charge >= 0.3 is 0 Å². The maximum absolute atomic E-state index is 14.1. The number of nitro groups is 1. The second-order valence-electron chi connectivity index (χ2n) is 6.08. The Bertz CT molecular complexity index is 1020. The number of aromatic hydroxyl groups is 1. The summed E-state index contributed by atoms with van der Waals surface area (Å²) in [5.74, 6) is -1.23. The topological polar surface area (TPSA) is 66.6 Å². The van der Waals surface area contributed by atoms with E-state index in [1.165, 1.54) is 30.1 Å². The number of benzene rings is 3. The van der Waals surface area contributed by atoms with Gasteiger partial charge in [-0.3, -0.25) is 10.1 Å². The van der Waals surface area contributed by atoms with E-state index in [4.69, 9.17) is 0 Å². The number of nitrogens with zero attached hydrogens (tertiary/aromatic N) is 2. The van der Waals surface area contributed by atoms with E-state index in [-0.39, 0.29) is 11.4 Å². The van der Waals surface area contributed by atoms with E-state index in [0.29, 0.717) is 15.9 Å². The summed E-state index contributed by atoms with van der Waals surface area (Å²) in [6, 6.07) is 16.9. The zero-order valence-electron chi connectivity index (χ0n) is 14.8. The Hall–Kier alpha value is -2.58. The van der Waals surface area contributed by atoms with Gasteiger partial charge < -0.3 is 9.41 Å². The molecule has 1 N–H and O–H groups in total. The number of anilines is 1. The zero-order valence-corrected chi connectivity index (χ0v) is 17.2. The zero-order chi connectivity index (χ0) is 20.3. The Morgan fingerprint density at radius 2 is 1.89 bits per heavy atom. The molecule has 5 nitrogen and oxygen atoms in total. The number of hydrogen-bond acceptors (Lipinski definition) is 5. The van der Waals surface area contributed by atoms with Gasteiger partial charge in [-0.2, -0.15) is 0 Å². The van der Waals surface area contributed by atoms with Crippen LogP contribution in [0.1, 0.15) is 11.1 Å². The normalized spacial score (nSPS) is 10.7. The van der Waals surface area contributed by atoms with Crippen molar-refractivity contribution in [1.29, 1.82) is 0 Å². The van der Waals surface area contributed by atoms with Gasteiger partial charge in [-0.15, -0.1) is 0 Å². The Balaban J connectivity index is 2.05. The summed E-state index contributed by atoms with van der Waals surface area (Å²) < 4.78 is 16.3. The molecule has 8 heteroatoms. The minimum Gasteiger partial charge on any atom is -0.503 e.